The summed E-state index contributed by atoms with van der Waals surface area (Å²) in [5.41, 5.74) is 1.24. The minimum absolute atomic E-state index is 0.0557. The Hall–Kier alpha value is -3.32. The molecule has 0 saturated carbocycles. The summed E-state index contributed by atoms with van der Waals surface area (Å²) in [6.07, 6.45) is 2.59. The zero-order valence-corrected chi connectivity index (χ0v) is 17.3. The van der Waals surface area contributed by atoms with E-state index < -0.39 is 6.03 Å². The third-order valence-electron chi connectivity index (χ3n) is 4.61. The Kier molecular flexibility index (Phi) is 7.86. The van der Waals surface area contributed by atoms with Gasteiger partial charge in [0.1, 0.15) is 5.75 Å². The van der Waals surface area contributed by atoms with E-state index >= 15 is 0 Å². The number of anilines is 1. The van der Waals surface area contributed by atoms with Gasteiger partial charge >= 0.3 is 6.03 Å². The Bertz CT molecular complexity index is 1030. The van der Waals surface area contributed by atoms with Crippen molar-refractivity contribution in [1.29, 1.82) is 0 Å². The summed E-state index contributed by atoms with van der Waals surface area (Å²) in [7, 11) is 0. The molecule has 0 spiro atoms. The van der Waals surface area contributed by atoms with E-state index in [9.17, 15) is 9.59 Å². The molecule has 0 aromatic heterocycles. The number of hydrogen-bond acceptors (Lipinski definition) is 4. The monoisotopic (exact) mass is 421 g/mol. The van der Waals surface area contributed by atoms with Crippen molar-refractivity contribution >= 4 is 40.8 Å². The van der Waals surface area contributed by atoms with E-state index in [4.69, 9.17) is 4.74 Å². The molecule has 0 bridgehead atoms. The number of fused-ring (bicyclic) bond motifs is 1. The highest BCUT2D eigenvalue weighted by Crippen LogP contribution is 2.24. The maximum Gasteiger partial charge on any atom is 0.356 e. The van der Waals surface area contributed by atoms with Gasteiger partial charge in [-0.2, -0.15) is 0 Å². The van der Waals surface area contributed by atoms with Crippen LogP contribution in [0.2, 0.25) is 0 Å². The average Bonchev–Trinajstić information content (AvgIpc) is 2.78. The quantitative estimate of drug-likeness (QED) is 0.472. The molecule has 3 rings (SSSR count). The van der Waals surface area contributed by atoms with Gasteiger partial charge < -0.3 is 15.4 Å². The predicted octanol–water partition coefficient (Wildman–Crippen LogP) is 5.08. The number of benzene rings is 3. The Labute approximate surface area is 180 Å². The van der Waals surface area contributed by atoms with Crippen LogP contribution in [0.1, 0.15) is 29.6 Å². The lowest BCUT2D eigenvalue weighted by molar-refractivity contribution is 0.0954. The minimum Gasteiger partial charge on any atom is -0.491 e. The molecule has 30 heavy (non-hydrogen) atoms. The Balaban J connectivity index is 1.39. The highest BCUT2D eigenvalue weighted by molar-refractivity contribution is 7.47. The van der Waals surface area contributed by atoms with Crippen LogP contribution >= 0.6 is 0 Å². The molecule has 0 fully saturated rings. The average molecular weight is 422 g/mol. The van der Waals surface area contributed by atoms with Gasteiger partial charge in [0, 0.05) is 24.5 Å². The highest BCUT2D eigenvalue weighted by Gasteiger charge is 2.09. The normalized spacial score (nSPS) is 10.4. The van der Waals surface area contributed by atoms with Crippen LogP contribution in [0.5, 0.6) is 5.75 Å². The number of urea groups is 1. The van der Waals surface area contributed by atoms with Crippen LogP contribution in [-0.4, -0.2) is 25.1 Å². The molecular weight excluding hydrogens is 398 g/mol. The van der Waals surface area contributed by atoms with E-state index in [0.29, 0.717) is 30.2 Å². The molecule has 154 valence electrons. The second kappa shape index (κ2) is 11.0. The number of nitrogens with one attached hydrogen (secondary N) is 2. The van der Waals surface area contributed by atoms with Gasteiger partial charge in [0.05, 0.1) is 12.3 Å². The smallest absolute Gasteiger partial charge is 0.356 e. The lowest BCUT2D eigenvalue weighted by Crippen LogP contribution is -2.24. The van der Waals surface area contributed by atoms with E-state index in [1.165, 1.54) is 0 Å². The molecule has 2 N–H and O–H groups in total. The van der Waals surface area contributed by atoms with E-state index in [1.54, 1.807) is 18.2 Å². The molecule has 0 radical (unpaired) electrons. The standard InChI is InChI=1S/C23H23N3O3S/c27-22(19-12-8-10-17-9-2-3-11-18(17)19)24-15-6-1-7-16-29-21-14-5-4-13-20(21)25-23(28)26-30/h2-5,8-14H,1,6-7,15-16H2,(H,24,27)(H,25,28). The molecule has 0 unspecified atom stereocenters. The number of ether oxygens (including phenoxy) is 1. The van der Waals surface area contributed by atoms with Gasteiger partial charge in [0.15, 0.2) is 0 Å². The van der Waals surface area contributed by atoms with Gasteiger partial charge in [-0.25, -0.2) is 4.79 Å². The molecule has 0 aliphatic carbocycles. The van der Waals surface area contributed by atoms with Gasteiger partial charge in [-0.3, -0.25) is 4.79 Å². The molecule has 3 aromatic rings. The lowest BCUT2D eigenvalue weighted by Gasteiger charge is -2.11. The number of carbonyl (C=O) groups excluding carboxylic acids is 2. The fraction of sp³-hybridized carbons (Fsp3) is 0.217. The fourth-order valence-electron chi connectivity index (χ4n) is 3.14. The molecule has 3 amide bonds. The van der Waals surface area contributed by atoms with Crippen molar-refractivity contribution in [2.45, 2.75) is 19.3 Å². The summed E-state index contributed by atoms with van der Waals surface area (Å²) in [6, 6.07) is 20.2. The number of para-hydroxylation sites is 2. The van der Waals surface area contributed by atoms with Gasteiger partial charge in [-0.15, -0.1) is 4.36 Å². The van der Waals surface area contributed by atoms with Crippen LogP contribution < -0.4 is 15.4 Å². The van der Waals surface area contributed by atoms with Crippen molar-refractivity contribution in [2.24, 2.45) is 4.36 Å². The van der Waals surface area contributed by atoms with Crippen LogP contribution in [0, 0.1) is 0 Å². The van der Waals surface area contributed by atoms with Crippen LogP contribution in [0.4, 0.5) is 10.5 Å². The van der Waals surface area contributed by atoms with Crippen molar-refractivity contribution in [3.05, 3.63) is 72.3 Å². The highest BCUT2D eigenvalue weighted by atomic mass is 32.1. The molecule has 0 heterocycles. The molecule has 0 atom stereocenters. The van der Waals surface area contributed by atoms with Crippen molar-refractivity contribution < 1.29 is 14.3 Å². The summed E-state index contributed by atoms with van der Waals surface area (Å²) in [5.74, 6) is 0.522. The Morgan fingerprint density at radius 2 is 1.67 bits per heavy atom. The number of rotatable bonds is 9. The third-order valence-corrected chi connectivity index (χ3v) is 4.78. The lowest BCUT2D eigenvalue weighted by atomic mass is 10.0. The third kappa shape index (κ3) is 5.84. The van der Waals surface area contributed by atoms with Crippen LogP contribution in [0.25, 0.3) is 10.8 Å². The van der Waals surface area contributed by atoms with Crippen molar-refractivity contribution in [3.8, 4) is 5.75 Å². The summed E-state index contributed by atoms with van der Waals surface area (Å²) in [4.78, 5) is 23.8. The molecular formula is C23H23N3O3S. The van der Waals surface area contributed by atoms with Crippen molar-refractivity contribution in [3.63, 3.8) is 0 Å². The largest absolute Gasteiger partial charge is 0.491 e. The van der Waals surface area contributed by atoms with Crippen LogP contribution in [0.15, 0.2) is 71.1 Å². The maximum atomic E-state index is 12.5. The van der Waals surface area contributed by atoms with Crippen LogP contribution in [-0.2, 0) is 12.4 Å². The topological polar surface area (TPSA) is 79.8 Å². The molecule has 0 aliphatic heterocycles. The number of unbranched alkanes of at least 4 members (excludes halogenated alkanes) is 2. The Morgan fingerprint density at radius 1 is 0.900 bits per heavy atom. The minimum atomic E-state index is -0.594. The van der Waals surface area contributed by atoms with Crippen molar-refractivity contribution in [2.75, 3.05) is 18.5 Å². The summed E-state index contributed by atoms with van der Waals surface area (Å²) in [5, 5.41) is 7.58. The summed E-state index contributed by atoms with van der Waals surface area (Å²) in [6.45, 7) is 1.12. The Morgan fingerprint density at radius 3 is 2.53 bits per heavy atom. The number of nitrogens with zero attached hydrogens (tertiary/aromatic N) is 1. The fourth-order valence-corrected chi connectivity index (χ4v) is 3.19. The van der Waals surface area contributed by atoms with Gasteiger partial charge in [-0.05, 0) is 48.2 Å². The molecule has 6 nitrogen and oxygen atoms in total. The predicted molar refractivity (Wildman–Crippen MR) is 121 cm³/mol. The first-order valence-corrected chi connectivity index (χ1v) is 10.2. The van der Waals surface area contributed by atoms with Gasteiger partial charge in [0.2, 0.25) is 0 Å². The van der Waals surface area contributed by atoms with Gasteiger partial charge in [-0.1, -0.05) is 48.5 Å². The molecule has 7 heteroatoms. The van der Waals surface area contributed by atoms with Crippen molar-refractivity contribution in [1.82, 2.24) is 5.32 Å². The maximum absolute atomic E-state index is 12.5. The first-order valence-electron chi connectivity index (χ1n) is 9.81. The van der Waals surface area contributed by atoms with Crippen LogP contribution in [0.3, 0.4) is 0 Å². The molecule has 0 saturated heterocycles. The zero-order chi connectivity index (χ0) is 21.2. The van der Waals surface area contributed by atoms with E-state index in [0.717, 1.165) is 30.0 Å². The molecule has 3 aromatic carbocycles. The first-order chi connectivity index (χ1) is 14.7. The number of hydrogen-bond donors (Lipinski definition) is 2. The van der Waals surface area contributed by atoms with E-state index in [1.807, 2.05) is 48.5 Å². The first kappa shape index (κ1) is 21.4. The second-order valence-corrected chi connectivity index (χ2v) is 6.89. The number of carbonyl (C=O) groups is 2. The van der Waals surface area contributed by atoms with Gasteiger partial charge in [0.25, 0.3) is 5.91 Å². The summed E-state index contributed by atoms with van der Waals surface area (Å²) < 4.78 is 8.90. The SMILES string of the molecule is O=C(N=S)Nc1ccccc1OCCCCCNC(=O)c1cccc2ccccc12. The molecule has 0 aliphatic rings. The number of amides is 3. The van der Waals surface area contributed by atoms with E-state index in [-0.39, 0.29) is 5.91 Å². The summed E-state index contributed by atoms with van der Waals surface area (Å²) >= 11 is 4.38. The zero-order valence-electron chi connectivity index (χ0n) is 16.5. The second-order valence-electron chi connectivity index (χ2n) is 6.71. The van der Waals surface area contributed by atoms with E-state index in [2.05, 4.69) is 27.4 Å².